The molecule has 2 aliphatic heterocycles. The highest BCUT2D eigenvalue weighted by atomic mass is 16.5. The molecule has 1 aromatic carbocycles. The second kappa shape index (κ2) is 8.39. The van der Waals surface area contributed by atoms with Gasteiger partial charge >= 0.3 is 6.03 Å². The number of benzene rings is 1. The molecule has 154 valence electrons. The van der Waals surface area contributed by atoms with Crippen LogP contribution in [0.15, 0.2) is 30.3 Å². The first kappa shape index (κ1) is 19.7. The molecule has 3 atom stereocenters. The van der Waals surface area contributed by atoms with Crippen LogP contribution in [0.2, 0.25) is 0 Å². The quantitative estimate of drug-likeness (QED) is 0.784. The SMILES string of the molecule is COCC1(CN[C@@H]2C[C@H]2c2ccccc2)CCN(C(=O)N2CC[C@@H](O)C2)CC1. The Kier molecular flexibility index (Phi) is 5.90. The summed E-state index contributed by atoms with van der Waals surface area (Å²) in [6, 6.07) is 11.4. The van der Waals surface area contributed by atoms with Gasteiger partial charge in [-0.05, 0) is 31.2 Å². The van der Waals surface area contributed by atoms with E-state index in [-0.39, 0.29) is 17.6 Å². The molecule has 6 nitrogen and oxygen atoms in total. The number of nitrogens with zero attached hydrogens (tertiary/aromatic N) is 2. The summed E-state index contributed by atoms with van der Waals surface area (Å²) >= 11 is 0. The number of hydrogen-bond acceptors (Lipinski definition) is 4. The zero-order valence-corrected chi connectivity index (χ0v) is 16.8. The average Bonchev–Trinajstić information content (AvgIpc) is 3.38. The van der Waals surface area contributed by atoms with Crippen molar-refractivity contribution in [3.8, 4) is 0 Å². The monoisotopic (exact) mass is 387 g/mol. The molecular weight excluding hydrogens is 354 g/mol. The van der Waals surface area contributed by atoms with Crippen molar-refractivity contribution in [1.29, 1.82) is 0 Å². The lowest BCUT2D eigenvalue weighted by Gasteiger charge is -2.42. The molecule has 1 aliphatic carbocycles. The van der Waals surface area contributed by atoms with Crippen LogP contribution in [-0.4, -0.2) is 79.5 Å². The van der Waals surface area contributed by atoms with E-state index in [9.17, 15) is 9.90 Å². The predicted molar refractivity (Wildman–Crippen MR) is 108 cm³/mol. The van der Waals surface area contributed by atoms with E-state index < -0.39 is 0 Å². The van der Waals surface area contributed by atoms with Crippen molar-refractivity contribution in [2.75, 3.05) is 46.4 Å². The highest BCUT2D eigenvalue weighted by Gasteiger charge is 2.42. The lowest BCUT2D eigenvalue weighted by Crippen LogP contribution is -2.52. The molecule has 0 radical (unpaired) electrons. The fraction of sp³-hybridized carbons (Fsp3) is 0.682. The number of amides is 2. The van der Waals surface area contributed by atoms with Gasteiger partial charge in [0, 0.05) is 57.2 Å². The van der Waals surface area contributed by atoms with Crippen LogP contribution in [-0.2, 0) is 4.74 Å². The van der Waals surface area contributed by atoms with Gasteiger partial charge in [0.1, 0.15) is 0 Å². The first-order chi connectivity index (χ1) is 13.6. The van der Waals surface area contributed by atoms with Gasteiger partial charge in [0.2, 0.25) is 0 Å². The Labute approximate surface area is 167 Å². The second-order valence-corrected chi connectivity index (χ2v) is 8.83. The smallest absolute Gasteiger partial charge is 0.320 e. The van der Waals surface area contributed by atoms with Crippen molar-refractivity contribution in [3.05, 3.63) is 35.9 Å². The van der Waals surface area contributed by atoms with Crippen molar-refractivity contribution < 1.29 is 14.6 Å². The van der Waals surface area contributed by atoms with Crippen LogP contribution >= 0.6 is 0 Å². The van der Waals surface area contributed by atoms with Crippen LogP contribution in [0, 0.1) is 5.41 Å². The zero-order chi connectivity index (χ0) is 19.6. The van der Waals surface area contributed by atoms with Gasteiger partial charge < -0.3 is 25.0 Å². The minimum atomic E-state index is -0.360. The molecule has 0 spiro atoms. The number of β-amino-alcohol motifs (C(OH)–C–C–N with tert-alkyl or cyclic N) is 1. The van der Waals surface area contributed by atoms with E-state index >= 15 is 0 Å². The highest BCUT2D eigenvalue weighted by Crippen LogP contribution is 2.42. The van der Waals surface area contributed by atoms with E-state index in [2.05, 4.69) is 35.6 Å². The van der Waals surface area contributed by atoms with Gasteiger partial charge in [0.15, 0.2) is 0 Å². The number of likely N-dealkylation sites (tertiary alicyclic amines) is 2. The number of carbonyl (C=O) groups excluding carboxylic acids is 1. The summed E-state index contributed by atoms with van der Waals surface area (Å²) in [4.78, 5) is 16.4. The summed E-state index contributed by atoms with van der Waals surface area (Å²) in [6.07, 6.45) is 3.45. The maximum Gasteiger partial charge on any atom is 0.320 e. The largest absolute Gasteiger partial charge is 0.391 e. The third-order valence-corrected chi connectivity index (χ3v) is 6.74. The summed E-state index contributed by atoms with van der Waals surface area (Å²) in [5.41, 5.74) is 1.52. The molecule has 0 bridgehead atoms. The average molecular weight is 388 g/mol. The predicted octanol–water partition coefficient (Wildman–Crippen LogP) is 2.05. The summed E-state index contributed by atoms with van der Waals surface area (Å²) in [7, 11) is 1.77. The second-order valence-electron chi connectivity index (χ2n) is 8.83. The number of urea groups is 1. The lowest BCUT2D eigenvalue weighted by atomic mass is 9.79. The van der Waals surface area contributed by atoms with E-state index in [1.807, 2.05) is 4.90 Å². The van der Waals surface area contributed by atoms with E-state index in [4.69, 9.17) is 4.74 Å². The number of piperidine rings is 1. The molecule has 3 aliphatic rings. The minimum absolute atomic E-state index is 0.0851. The third-order valence-electron chi connectivity index (χ3n) is 6.74. The number of carbonyl (C=O) groups is 1. The van der Waals surface area contributed by atoms with Crippen LogP contribution in [0.1, 0.15) is 37.2 Å². The summed E-state index contributed by atoms with van der Waals surface area (Å²) in [5.74, 6) is 0.629. The number of methoxy groups -OCH3 is 1. The van der Waals surface area contributed by atoms with Crippen LogP contribution in [0.25, 0.3) is 0 Å². The Morgan fingerprint density at radius 1 is 1.21 bits per heavy atom. The first-order valence-corrected chi connectivity index (χ1v) is 10.6. The normalized spacial score (nSPS) is 29.1. The van der Waals surface area contributed by atoms with Gasteiger partial charge in [-0.15, -0.1) is 0 Å². The van der Waals surface area contributed by atoms with Crippen molar-refractivity contribution in [3.63, 3.8) is 0 Å². The van der Waals surface area contributed by atoms with Gasteiger partial charge in [-0.3, -0.25) is 0 Å². The van der Waals surface area contributed by atoms with E-state index in [1.165, 1.54) is 12.0 Å². The molecule has 2 amide bonds. The summed E-state index contributed by atoms with van der Waals surface area (Å²) < 4.78 is 5.57. The van der Waals surface area contributed by atoms with Crippen LogP contribution in [0.5, 0.6) is 0 Å². The number of nitrogens with one attached hydrogen (secondary N) is 1. The van der Waals surface area contributed by atoms with E-state index in [1.54, 1.807) is 12.0 Å². The molecule has 1 saturated carbocycles. The zero-order valence-electron chi connectivity index (χ0n) is 16.8. The maximum atomic E-state index is 12.7. The van der Waals surface area contributed by atoms with Gasteiger partial charge in [-0.25, -0.2) is 4.79 Å². The Morgan fingerprint density at radius 3 is 2.61 bits per heavy atom. The Balaban J connectivity index is 1.28. The Morgan fingerprint density at radius 2 is 1.96 bits per heavy atom. The highest BCUT2D eigenvalue weighted by molar-refractivity contribution is 5.75. The number of aliphatic hydroxyl groups excluding tert-OH is 1. The van der Waals surface area contributed by atoms with Crippen molar-refractivity contribution in [2.24, 2.45) is 5.41 Å². The number of rotatable bonds is 6. The van der Waals surface area contributed by atoms with Crippen LogP contribution in [0.4, 0.5) is 4.79 Å². The molecule has 2 heterocycles. The number of hydrogen-bond donors (Lipinski definition) is 2. The fourth-order valence-electron chi connectivity index (χ4n) is 4.80. The minimum Gasteiger partial charge on any atom is -0.391 e. The Bertz CT molecular complexity index is 660. The topological polar surface area (TPSA) is 65.0 Å². The third kappa shape index (κ3) is 4.34. The summed E-state index contributed by atoms with van der Waals surface area (Å²) in [6.45, 7) is 4.35. The number of aliphatic hydroxyl groups is 1. The molecule has 2 saturated heterocycles. The summed E-state index contributed by atoms with van der Waals surface area (Å²) in [5, 5.41) is 13.5. The van der Waals surface area contributed by atoms with E-state index in [0.717, 1.165) is 39.1 Å². The van der Waals surface area contributed by atoms with Crippen LogP contribution < -0.4 is 5.32 Å². The maximum absolute atomic E-state index is 12.7. The molecule has 1 aromatic rings. The van der Waals surface area contributed by atoms with Gasteiger partial charge in [-0.1, -0.05) is 30.3 Å². The molecule has 0 unspecified atom stereocenters. The molecule has 2 N–H and O–H groups in total. The van der Waals surface area contributed by atoms with Gasteiger partial charge in [-0.2, -0.15) is 0 Å². The standard InChI is InChI=1S/C22H33N3O3/c1-28-16-22(15-23-20-13-19(20)17-5-3-2-4-6-17)8-11-24(12-9-22)21(27)25-10-7-18(26)14-25/h2-6,18-20,23,26H,7-16H2,1H3/t18-,19+,20-/m1/s1. The number of ether oxygens (including phenoxy) is 1. The molecule has 0 aromatic heterocycles. The first-order valence-electron chi connectivity index (χ1n) is 10.6. The fourth-order valence-corrected chi connectivity index (χ4v) is 4.80. The molecular formula is C22H33N3O3. The van der Waals surface area contributed by atoms with Crippen molar-refractivity contribution in [2.45, 2.75) is 43.7 Å². The Hall–Kier alpha value is -1.63. The van der Waals surface area contributed by atoms with Gasteiger partial charge in [0.05, 0.1) is 12.7 Å². The molecule has 6 heteroatoms. The molecule has 3 fully saturated rings. The molecule has 28 heavy (non-hydrogen) atoms. The van der Waals surface area contributed by atoms with Crippen molar-refractivity contribution >= 4 is 6.03 Å². The van der Waals surface area contributed by atoms with Gasteiger partial charge in [0.25, 0.3) is 0 Å². The van der Waals surface area contributed by atoms with Crippen LogP contribution in [0.3, 0.4) is 0 Å². The molecule has 4 rings (SSSR count). The van der Waals surface area contributed by atoms with E-state index in [0.29, 0.717) is 31.5 Å². The van der Waals surface area contributed by atoms with Crippen molar-refractivity contribution in [1.82, 2.24) is 15.1 Å². The lowest BCUT2D eigenvalue weighted by molar-refractivity contribution is 0.0261.